The number of nitrogens with zero attached hydrogens (tertiary/aromatic N) is 2. The summed E-state index contributed by atoms with van der Waals surface area (Å²) < 4.78 is 6.60. The van der Waals surface area contributed by atoms with Crippen molar-refractivity contribution in [2.24, 2.45) is 0 Å². The molecule has 6 heteroatoms. The number of carbonyl (C=O) groups excluding carboxylic acids is 1. The second kappa shape index (κ2) is 6.96. The Bertz CT molecular complexity index is 1010. The van der Waals surface area contributed by atoms with Gasteiger partial charge in [-0.25, -0.2) is 9.97 Å². The third kappa shape index (κ3) is 3.65. The summed E-state index contributed by atoms with van der Waals surface area (Å²) in [7, 11) is 0. The van der Waals surface area contributed by atoms with Gasteiger partial charge in [0.2, 0.25) is 0 Å². The number of rotatable bonds is 5. The highest BCUT2D eigenvalue weighted by Gasteiger charge is 2.07. The molecule has 0 radical (unpaired) electrons. The normalized spacial score (nSPS) is 11.0. The zero-order chi connectivity index (χ0) is 17.1. The summed E-state index contributed by atoms with van der Waals surface area (Å²) in [5.41, 5.74) is 1.80. The molecule has 0 bridgehead atoms. The average molecular weight is 349 g/mol. The van der Waals surface area contributed by atoms with Gasteiger partial charge in [-0.1, -0.05) is 30.3 Å². The Balaban J connectivity index is 1.33. The van der Waals surface area contributed by atoms with Crippen LogP contribution >= 0.6 is 11.3 Å². The van der Waals surface area contributed by atoms with E-state index in [-0.39, 0.29) is 12.5 Å². The lowest BCUT2D eigenvalue weighted by Crippen LogP contribution is -2.18. The van der Waals surface area contributed by atoms with Crippen molar-refractivity contribution in [2.45, 2.75) is 6.61 Å². The van der Waals surface area contributed by atoms with Gasteiger partial charge in [0.15, 0.2) is 0 Å². The second-order valence-electron chi connectivity index (χ2n) is 5.51. The van der Waals surface area contributed by atoms with Gasteiger partial charge in [-0.2, -0.15) is 0 Å². The number of aromatic nitrogens is 2. The molecule has 0 saturated heterocycles. The molecular weight excluding hydrogens is 334 g/mol. The maximum Gasteiger partial charge on any atom is 0.251 e. The smallest absolute Gasteiger partial charge is 0.251 e. The van der Waals surface area contributed by atoms with Gasteiger partial charge < -0.3 is 10.1 Å². The maximum absolute atomic E-state index is 12.0. The van der Waals surface area contributed by atoms with E-state index < -0.39 is 0 Å². The van der Waals surface area contributed by atoms with Crippen LogP contribution < -0.4 is 5.32 Å². The Hall–Kier alpha value is -2.83. The van der Waals surface area contributed by atoms with Crippen LogP contribution in [0.4, 0.5) is 5.82 Å². The average Bonchev–Trinajstić information content (AvgIpc) is 3.04. The number of benzene rings is 2. The fraction of sp³-hybridized carbons (Fsp3) is 0.105. The molecule has 4 aromatic rings. The first kappa shape index (κ1) is 15.7. The van der Waals surface area contributed by atoms with Crippen LogP contribution in [0.15, 0.2) is 60.7 Å². The number of amides is 1. The molecule has 0 aliphatic carbocycles. The van der Waals surface area contributed by atoms with Gasteiger partial charge in [-0.15, -0.1) is 11.3 Å². The monoisotopic (exact) mass is 349 g/mol. The van der Waals surface area contributed by atoms with Gasteiger partial charge in [0, 0.05) is 5.39 Å². The fourth-order valence-electron chi connectivity index (χ4n) is 2.53. The molecule has 0 aliphatic heterocycles. The van der Waals surface area contributed by atoms with Crippen molar-refractivity contribution >= 4 is 44.2 Å². The van der Waals surface area contributed by atoms with Gasteiger partial charge in [-0.05, 0) is 30.3 Å². The van der Waals surface area contributed by atoms with Crippen LogP contribution in [0.25, 0.3) is 21.1 Å². The summed E-state index contributed by atoms with van der Waals surface area (Å²) in [5.74, 6) is 0.288. The number of hydrogen-bond acceptors (Lipinski definition) is 5. The molecule has 0 saturated carbocycles. The van der Waals surface area contributed by atoms with Crippen LogP contribution in [0.3, 0.4) is 0 Å². The summed E-state index contributed by atoms with van der Waals surface area (Å²) in [6, 6.07) is 19.4. The van der Waals surface area contributed by atoms with Crippen LogP contribution in [0.1, 0.15) is 5.01 Å². The molecule has 5 nitrogen and oxygen atoms in total. The Morgan fingerprint density at radius 2 is 1.76 bits per heavy atom. The van der Waals surface area contributed by atoms with Crippen molar-refractivity contribution in [1.82, 2.24) is 9.97 Å². The molecule has 124 valence electrons. The van der Waals surface area contributed by atoms with Gasteiger partial charge in [0.25, 0.3) is 5.91 Å². The van der Waals surface area contributed by atoms with Gasteiger partial charge in [-0.3, -0.25) is 4.79 Å². The van der Waals surface area contributed by atoms with Crippen LogP contribution in [0.5, 0.6) is 0 Å². The SMILES string of the molecule is O=C(COCc1nc2ccccc2s1)Nc1ccc2ccccc2n1. The van der Waals surface area contributed by atoms with Crippen LogP contribution in [-0.4, -0.2) is 22.5 Å². The minimum atomic E-state index is -0.233. The van der Waals surface area contributed by atoms with E-state index >= 15 is 0 Å². The summed E-state index contributed by atoms with van der Waals surface area (Å²) in [6.45, 7) is 0.280. The summed E-state index contributed by atoms with van der Waals surface area (Å²) in [5, 5.41) is 4.65. The highest BCUT2D eigenvalue weighted by Crippen LogP contribution is 2.22. The number of fused-ring (bicyclic) bond motifs is 2. The molecule has 0 aliphatic rings. The van der Waals surface area contributed by atoms with Crippen molar-refractivity contribution in [3.63, 3.8) is 0 Å². The van der Waals surface area contributed by atoms with Crippen LogP contribution in [0.2, 0.25) is 0 Å². The number of nitrogens with one attached hydrogen (secondary N) is 1. The van der Waals surface area contributed by atoms with Gasteiger partial charge in [0.1, 0.15) is 17.4 Å². The standard InChI is InChI=1S/C19H15N3O2S/c23-18(22-17-10-9-13-5-1-2-6-14(13)20-17)11-24-12-19-21-15-7-3-4-8-16(15)25-19/h1-10H,11-12H2,(H,20,22,23). The fourth-order valence-corrected chi connectivity index (χ4v) is 3.43. The largest absolute Gasteiger partial charge is 0.364 e. The molecule has 2 heterocycles. The first-order valence-electron chi connectivity index (χ1n) is 7.86. The number of anilines is 1. The van der Waals surface area contributed by atoms with Crippen molar-refractivity contribution in [3.05, 3.63) is 65.7 Å². The van der Waals surface area contributed by atoms with E-state index in [0.29, 0.717) is 12.4 Å². The Kier molecular flexibility index (Phi) is 4.37. The van der Waals surface area contributed by atoms with Crippen molar-refractivity contribution in [3.8, 4) is 0 Å². The molecule has 2 aromatic carbocycles. The second-order valence-corrected chi connectivity index (χ2v) is 6.62. The summed E-state index contributed by atoms with van der Waals surface area (Å²) >= 11 is 1.57. The van der Waals surface area contributed by atoms with E-state index in [2.05, 4.69) is 15.3 Å². The lowest BCUT2D eigenvalue weighted by molar-refractivity contribution is -0.121. The van der Waals surface area contributed by atoms with E-state index in [4.69, 9.17) is 4.74 Å². The van der Waals surface area contributed by atoms with Gasteiger partial charge in [0.05, 0.1) is 22.3 Å². The number of hydrogen-bond donors (Lipinski definition) is 1. The predicted molar refractivity (Wildman–Crippen MR) is 99.6 cm³/mol. The molecule has 0 fully saturated rings. The highest BCUT2D eigenvalue weighted by atomic mass is 32.1. The maximum atomic E-state index is 12.0. The molecule has 1 amide bonds. The minimum Gasteiger partial charge on any atom is -0.364 e. The molecular formula is C19H15N3O2S. The molecule has 0 atom stereocenters. The zero-order valence-corrected chi connectivity index (χ0v) is 14.1. The topological polar surface area (TPSA) is 64.1 Å². The number of para-hydroxylation sites is 2. The van der Waals surface area contributed by atoms with E-state index in [1.54, 1.807) is 17.4 Å². The lowest BCUT2D eigenvalue weighted by Gasteiger charge is -2.06. The summed E-state index contributed by atoms with van der Waals surface area (Å²) in [4.78, 5) is 20.9. The van der Waals surface area contributed by atoms with Crippen molar-refractivity contribution in [1.29, 1.82) is 0 Å². The molecule has 4 rings (SSSR count). The first-order chi connectivity index (χ1) is 12.3. The molecule has 2 aromatic heterocycles. The van der Waals surface area contributed by atoms with Crippen molar-refractivity contribution < 1.29 is 9.53 Å². The molecule has 25 heavy (non-hydrogen) atoms. The van der Waals surface area contributed by atoms with E-state index in [1.165, 1.54) is 0 Å². The third-order valence-corrected chi connectivity index (χ3v) is 4.67. The zero-order valence-electron chi connectivity index (χ0n) is 13.3. The quantitative estimate of drug-likeness (QED) is 0.591. The third-order valence-electron chi connectivity index (χ3n) is 3.66. The lowest BCUT2D eigenvalue weighted by atomic mass is 10.2. The Morgan fingerprint density at radius 1 is 0.960 bits per heavy atom. The first-order valence-corrected chi connectivity index (χ1v) is 8.67. The molecule has 0 spiro atoms. The summed E-state index contributed by atoms with van der Waals surface area (Å²) in [6.07, 6.45) is 0. The number of thiazole rings is 1. The number of ether oxygens (including phenoxy) is 1. The van der Waals surface area contributed by atoms with Crippen molar-refractivity contribution in [2.75, 3.05) is 11.9 Å². The van der Waals surface area contributed by atoms with Crippen LogP contribution in [0, 0.1) is 0 Å². The molecule has 0 unspecified atom stereocenters. The minimum absolute atomic E-state index is 0.0373. The number of carbonyl (C=O) groups is 1. The predicted octanol–water partition coefficient (Wildman–Crippen LogP) is 4.00. The van der Waals surface area contributed by atoms with Gasteiger partial charge >= 0.3 is 0 Å². The van der Waals surface area contributed by atoms with E-state index in [1.807, 2.05) is 54.6 Å². The van der Waals surface area contributed by atoms with Crippen LogP contribution in [-0.2, 0) is 16.1 Å². The van der Waals surface area contributed by atoms with E-state index in [9.17, 15) is 4.79 Å². The number of pyridine rings is 1. The Labute approximate surface area is 148 Å². The molecule has 1 N–H and O–H groups in total. The van der Waals surface area contributed by atoms with E-state index in [0.717, 1.165) is 26.1 Å². The Morgan fingerprint density at radius 3 is 2.64 bits per heavy atom. The highest BCUT2D eigenvalue weighted by molar-refractivity contribution is 7.18.